The highest BCUT2D eigenvalue weighted by molar-refractivity contribution is 7.89. The molecule has 1 fully saturated rings. The van der Waals surface area contributed by atoms with Crippen LogP contribution in [0.1, 0.15) is 52.0 Å². The van der Waals surface area contributed by atoms with Gasteiger partial charge in [-0.2, -0.15) is 0 Å². The molecule has 0 heterocycles. The summed E-state index contributed by atoms with van der Waals surface area (Å²) in [6.45, 7) is 6.68. The molecule has 0 radical (unpaired) electrons. The fourth-order valence-electron chi connectivity index (χ4n) is 2.88. The lowest BCUT2D eigenvalue weighted by molar-refractivity contribution is 0.399. The van der Waals surface area contributed by atoms with Crippen LogP contribution >= 0.6 is 0 Å². The normalized spacial score (nSPS) is 18.9. The SMILES string of the molecule is CC(C)(C)c1ccc(S(=O)(=O)NC2(CN)CCCC2)cc1. The first-order valence-electron chi connectivity index (χ1n) is 7.53. The van der Waals surface area contributed by atoms with Crippen LogP contribution in [0.2, 0.25) is 0 Å². The van der Waals surface area contributed by atoms with Crippen LogP contribution in [0.5, 0.6) is 0 Å². The molecule has 1 aliphatic rings. The number of sulfonamides is 1. The number of hydrogen-bond donors (Lipinski definition) is 2. The molecule has 3 N–H and O–H groups in total. The van der Waals surface area contributed by atoms with Gasteiger partial charge in [0.05, 0.1) is 4.90 Å². The van der Waals surface area contributed by atoms with Crippen LogP contribution in [-0.4, -0.2) is 20.5 Å². The zero-order chi connectivity index (χ0) is 15.7. The number of nitrogens with one attached hydrogen (secondary N) is 1. The summed E-state index contributed by atoms with van der Waals surface area (Å²) in [7, 11) is -3.51. The van der Waals surface area contributed by atoms with Gasteiger partial charge < -0.3 is 5.73 Å². The highest BCUT2D eigenvalue weighted by Gasteiger charge is 2.36. The smallest absolute Gasteiger partial charge is 0.241 e. The molecule has 1 aromatic rings. The van der Waals surface area contributed by atoms with Gasteiger partial charge >= 0.3 is 0 Å². The van der Waals surface area contributed by atoms with Gasteiger partial charge in [-0.3, -0.25) is 0 Å². The minimum Gasteiger partial charge on any atom is -0.329 e. The fourth-order valence-corrected chi connectivity index (χ4v) is 4.35. The maximum absolute atomic E-state index is 12.5. The van der Waals surface area contributed by atoms with Crippen molar-refractivity contribution in [1.29, 1.82) is 0 Å². The Bertz CT molecular complexity index is 580. The molecule has 118 valence electrons. The molecular weight excluding hydrogens is 284 g/mol. The molecule has 1 aromatic carbocycles. The number of rotatable bonds is 4. The second-order valence-corrected chi connectivity index (χ2v) is 8.75. The summed E-state index contributed by atoms with van der Waals surface area (Å²) in [6, 6.07) is 7.14. The lowest BCUT2D eigenvalue weighted by atomic mass is 9.87. The van der Waals surface area contributed by atoms with Crippen molar-refractivity contribution in [2.45, 2.75) is 62.3 Å². The average molecular weight is 310 g/mol. The van der Waals surface area contributed by atoms with E-state index in [2.05, 4.69) is 25.5 Å². The highest BCUT2D eigenvalue weighted by Crippen LogP contribution is 2.31. The monoisotopic (exact) mass is 310 g/mol. The molecule has 0 bridgehead atoms. The minimum absolute atomic E-state index is 0.0135. The van der Waals surface area contributed by atoms with Crippen LogP contribution in [0.25, 0.3) is 0 Å². The zero-order valence-corrected chi connectivity index (χ0v) is 14.0. The first-order valence-corrected chi connectivity index (χ1v) is 9.02. The zero-order valence-electron chi connectivity index (χ0n) is 13.1. The summed E-state index contributed by atoms with van der Waals surface area (Å²) < 4.78 is 27.9. The van der Waals surface area contributed by atoms with Gasteiger partial charge in [-0.1, -0.05) is 45.7 Å². The molecular formula is C16H26N2O2S. The van der Waals surface area contributed by atoms with Crippen LogP contribution in [-0.2, 0) is 15.4 Å². The van der Waals surface area contributed by atoms with Crippen molar-refractivity contribution in [2.75, 3.05) is 6.54 Å². The van der Waals surface area contributed by atoms with Crippen molar-refractivity contribution in [3.63, 3.8) is 0 Å². The summed E-state index contributed by atoms with van der Waals surface area (Å²) >= 11 is 0. The number of hydrogen-bond acceptors (Lipinski definition) is 3. The van der Waals surface area contributed by atoms with Gasteiger partial charge in [0.25, 0.3) is 0 Å². The Morgan fingerprint density at radius 1 is 1.14 bits per heavy atom. The van der Waals surface area contributed by atoms with E-state index in [0.29, 0.717) is 11.4 Å². The Morgan fingerprint density at radius 3 is 2.10 bits per heavy atom. The molecule has 5 heteroatoms. The van der Waals surface area contributed by atoms with Gasteiger partial charge in [-0.05, 0) is 36.0 Å². The van der Waals surface area contributed by atoms with Crippen LogP contribution in [0, 0.1) is 0 Å². The van der Waals surface area contributed by atoms with E-state index in [0.717, 1.165) is 31.2 Å². The Labute approximate surface area is 128 Å². The second-order valence-electron chi connectivity index (χ2n) is 7.07. The molecule has 0 saturated heterocycles. The molecule has 0 aromatic heterocycles. The first kappa shape index (κ1) is 16.5. The summed E-state index contributed by atoms with van der Waals surface area (Å²) in [5.41, 5.74) is 6.49. The standard InChI is InChI=1S/C16H26N2O2S/c1-15(2,3)13-6-8-14(9-7-13)21(19,20)18-16(12-17)10-4-5-11-16/h6-9,18H,4-5,10-12,17H2,1-3H3. The van der Waals surface area contributed by atoms with E-state index in [1.807, 2.05) is 12.1 Å². The third kappa shape index (κ3) is 3.65. The van der Waals surface area contributed by atoms with E-state index >= 15 is 0 Å². The topological polar surface area (TPSA) is 72.2 Å². The van der Waals surface area contributed by atoms with Gasteiger partial charge in [0.1, 0.15) is 0 Å². The molecule has 0 atom stereocenters. The van der Waals surface area contributed by atoms with Gasteiger partial charge in [-0.15, -0.1) is 0 Å². The van der Waals surface area contributed by atoms with E-state index in [9.17, 15) is 8.42 Å². The van der Waals surface area contributed by atoms with E-state index in [4.69, 9.17) is 5.73 Å². The lowest BCUT2D eigenvalue weighted by Gasteiger charge is -2.28. The first-order chi connectivity index (χ1) is 9.69. The molecule has 0 spiro atoms. The third-order valence-electron chi connectivity index (χ3n) is 4.33. The second kappa shape index (κ2) is 5.71. The predicted molar refractivity (Wildman–Crippen MR) is 85.7 cm³/mol. The van der Waals surface area contributed by atoms with Crippen molar-refractivity contribution >= 4 is 10.0 Å². The Hall–Kier alpha value is -0.910. The van der Waals surface area contributed by atoms with Crippen molar-refractivity contribution in [2.24, 2.45) is 5.73 Å². The number of nitrogens with two attached hydrogens (primary N) is 1. The molecule has 0 unspecified atom stereocenters. The molecule has 2 rings (SSSR count). The third-order valence-corrected chi connectivity index (χ3v) is 5.93. The van der Waals surface area contributed by atoms with Crippen molar-refractivity contribution in [3.8, 4) is 0 Å². The quantitative estimate of drug-likeness (QED) is 0.897. The molecule has 1 aliphatic carbocycles. The minimum atomic E-state index is -3.51. The Morgan fingerprint density at radius 2 is 1.67 bits per heavy atom. The van der Waals surface area contributed by atoms with Crippen LogP contribution in [0.15, 0.2) is 29.2 Å². The van der Waals surface area contributed by atoms with Crippen LogP contribution in [0.3, 0.4) is 0 Å². The molecule has 0 aliphatic heterocycles. The van der Waals surface area contributed by atoms with Gasteiger partial charge in [-0.25, -0.2) is 13.1 Å². The van der Waals surface area contributed by atoms with Crippen molar-refractivity contribution < 1.29 is 8.42 Å². The van der Waals surface area contributed by atoms with Gasteiger partial charge in [0.2, 0.25) is 10.0 Å². The summed E-state index contributed by atoms with van der Waals surface area (Å²) in [4.78, 5) is 0.315. The van der Waals surface area contributed by atoms with Crippen molar-refractivity contribution in [1.82, 2.24) is 4.72 Å². The van der Waals surface area contributed by atoms with Gasteiger partial charge in [0, 0.05) is 12.1 Å². The largest absolute Gasteiger partial charge is 0.329 e. The molecule has 1 saturated carbocycles. The highest BCUT2D eigenvalue weighted by atomic mass is 32.2. The van der Waals surface area contributed by atoms with E-state index < -0.39 is 15.6 Å². The van der Waals surface area contributed by atoms with E-state index in [-0.39, 0.29) is 5.41 Å². The average Bonchev–Trinajstić information content (AvgIpc) is 2.86. The van der Waals surface area contributed by atoms with Gasteiger partial charge in [0.15, 0.2) is 0 Å². The van der Waals surface area contributed by atoms with Crippen LogP contribution < -0.4 is 10.5 Å². The lowest BCUT2D eigenvalue weighted by Crippen LogP contribution is -2.51. The number of benzene rings is 1. The molecule has 0 amide bonds. The summed E-state index contributed by atoms with van der Waals surface area (Å²) in [5.74, 6) is 0. The Kier molecular flexibility index (Phi) is 4.47. The summed E-state index contributed by atoms with van der Waals surface area (Å²) in [6.07, 6.45) is 3.71. The molecule has 21 heavy (non-hydrogen) atoms. The maximum Gasteiger partial charge on any atom is 0.241 e. The van der Waals surface area contributed by atoms with Crippen LogP contribution in [0.4, 0.5) is 0 Å². The van der Waals surface area contributed by atoms with E-state index in [1.165, 1.54) is 0 Å². The maximum atomic E-state index is 12.5. The fraction of sp³-hybridized carbons (Fsp3) is 0.625. The predicted octanol–water partition coefficient (Wildman–Crippen LogP) is 2.53. The van der Waals surface area contributed by atoms with Crippen molar-refractivity contribution in [3.05, 3.63) is 29.8 Å². The molecule has 4 nitrogen and oxygen atoms in total. The summed E-state index contributed by atoms with van der Waals surface area (Å²) in [5, 5.41) is 0. The Balaban J connectivity index is 2.24. The van der Waals surface area contributed by atoms with E-state index in [1.54, 1.807) is 12.1 Å².